The number of urea groups is 1. The first-order chi connectivity index (χ1) is 11.1. The molecule has 3 N–H and O–H groups in total. The summed E-state index contributed by atoms with van der Waals surface area (Å²) >= 11 is 0. The molecule has 1 aromatic rings. The predicted molar refractivity (Wildman–Crippen MR) is 88.2 cm³/mol. The van der Waals surface area contributed by atoms with Crippen molar-refractivity contribution >= 4 is 6.03 Å². The number of benzene rings is 1. The number of carbonyl (C=O) groups is 1. The van der Waals surface area contributed by atoms with Crippen molar-refractivity contribution in [3.05, 3.63) is 35.4 Å². The van der Waals surface area contributed by atoms with E-state index in [0.29, 0.717) is 13.0 Å². The Hall–Kier alpha value is -1.59. The fourth-order valence-electron chi connectivity index (χ4n) is 3.33. The van der Waals surface area contributed by atoms with Gasteiger partial charge in [0, 0.05) is 26.2 Å². The van der Waals surface area contributed by atoms with Crippen molar-refractivity contribution in [2.45, 2.75) is 44.8 Å². The fraction of sp³-hybridized carbons (Fsp3) is 0.611. The van der Waals surface area contributed by atoms with E-state index in [-0.39, 0.29) is 17.5 Å². The Morgan fingerprint density at radius 2 is 2.17 bits per heavy atom. The molecule has 126 valence electrons. The van der Waals surface area contributed by atoms with Crippen molar-refractivity contribution in [1.82, 2.24) is 10.6 Å². The Labute approximate surface area is 137 Å². The monoisotopic (exact) mass is 318 g/mol. The van der Waals surface area contributed by atoms with E-state index in [2.05, 4.69) is 10.6 Å². The second-order valence-electron chi connectivity index (χ2n) is 6.72. The van der Waals surface area contributed by atoms with Crippen molar-refractivity contribution in [3.63, 3.8) is 0 Å². The molecule has 2 amide bonds. The van der Waals surface area contributed by atoms with Crippen LogP contribution in [-0.2, 0) is 11.2 Å². The van der Waals surface area contributed by atoms with Crippen LogP contribution in [0.1, 0.15) is 43.4 Å². The van der Waals surface area contributed by atoms with Gasteiger partial charge in [-0.15, -0.1) is 0 Å². The summed E-state index contributed by atoms with van der Waals surface area (Å²) in [4.78, 5) is 12.2. The summed E-state index contributed by atoms with van der Waals surface area (Å²) in [6, 6.07) is 7.37. The molecule has 0 spiro atoms. The standard InChI is InChI=1S/C18H26N2O3/c1-2-23-10-9-18(7-8-18)12-19-17(22)20-16-14-6-4-3-5-13(14)11-15(16)21/h3-6,15-16,21H,2,7-12H2,1H3,(H2,19,20,22)/t15-,16+/m1/s1. The number of ether oxygens (including phenoxy) is 1. The number of nitrogens with one attached hydrogen (secondary N) is 2. The lowest BCUT2D eigenvalue weighted by Crippen LogP contribution is -2.43. The Balaban J connectivity index is 1.48. The lowest BCUT2D eigenvalue weighted by atomic mass is 10.0. The molecule has 1 saturated carbocycles. The van der Waals surface area contributed by atoms with Gasteiger partial charge in [0.05, 0.1) is 12.1 Å². The Morgan fingerprint density at radius 1 is 1.39 bits per heavy atom. The van der Waals surface area contributed by atoms with Gasteiger partial charge in [-0.05, 0) is 42.7 Å². The molecule has 0 heterocycles. The highest BCUT2D eigenvalue weighted by molar-refractivity contribution is 5.75. The average Bonchev–Trinajstić information content (AvgIpc) is 3.25. The normalized spacial score (nSPS) is 24.1. The van der Waals surface area contributed by atoms with Crippen molar-refractivity contribution < 1.29 is 14.6 Å². The zero-order valence-corrected chi connectivity index (χ0v) is 13.7. The van der Waals surface area contributed by atoms with E-state index in [1.54, 1.807) is 0 Å². The van der Waals surface area contributed by atoms with E-state index in [1.807, 2.05) is 31.2 Å². The van der Waals surface area contributed by atoms with E-state index < -0.39 is 6.10 Å². The third-order valence-corrected chi connectivity index (χ3v) is 5.05. The Bertz CT molecular complexity index is 557. The third kappa shape index (κ3) is 3.85. The molecule has 3 rings (SSSR count). The maximum absolute atomic E-state index is 12.2. The van der Waals surface area contributed by atoms with Gasteiger partial charge in [0.15, 0.2) is 0 Å². The first kappa shape index (κ1) is 16.3. The van der Waals surface area contributed by atoms with Crippen LogP contribution in [0.4, 0.5) is 4.79 Å². The molecule has 0 bridgehead atoms. The molecule has 2 aliphatic carbocycles. The summed E-state index contributed by atoms with van der Waals surface area (Å²) in [6.07, 6.45) is 3.34. The van der Waals surface area contributed by atoms with Crippen LogP contribution in [0, 0.1) is 5.41 Å². The minimum absolute atomic E-state index is 0.201. The number of fused-ring (bicyclic) bond motifs is 1. The highest BCUT2D eigenvalue weighted by Gasteiger charge is 2.42. The SMILES string of the molecule is CCOCCC1(CNC(=O)N[C@H]2c3ccccc3C[C@H]2O)CC1. The van der Waals surface area contributed by atoms with Crippen LogP contribution in [0.25, 0.3) is 0 Å². The smallest absolute Gasteiger partial charge is 0.315 e. The molecule has 2 atom stereocenters. The number of hydrogen-bond acceptors (Lipinski definition) is 3. The second-order valence-corrected chi connectivity index (χ2v) is 6.72. The molecule has 0 aromatic heterocycles. The second kappa shape index (κ2) is 6.89. The average molecular weight is 318 g/mol. The van der Waals surface area contributed by atoms with Crippen LogP contribution in [0.2, 0.25) is 0 Å². The maximum Gasteiger partial charge on any atom is 0.315 e. The summed E-state index contributed by atoms with van der Waals surface area (Å²) in [5, 5.41) is 16.1. The number of hydrogen-bond donors (Lipinski definition) is 3. The van der Waals surface area contributed by atoms with E-state index in [9.17, 15) is 9.90 Å². The first-order valence-corrected chi connectivity index (χ1v) is 8.51. The number of amides is 2. The molecule has 23 heavy (non-hydrogen) atoms. The zero-order valence-electron chi connectivity index (χ0n) is 13.7. The highest BCUT2D eigenvalue weighted by atomic mass is 16.5. The molecule has 5 nitrogen and oxygen atoms in total. The van der Waals surface area contributed by atoms with Crippen LogP contribution in [-0.4, -0.2) is 37.0 Å². The van der Waals surface area contributed by atoms with Gasteiger partial charge in [-0.3, -0.25) is 0 Å². The van der Waals surface area contributed by atoms with Crippen LogP contribution in [0.15, 0.2) is 24.3 Å². The Morgan fingerprint density at radius 3 is 2.91 bits per heavy atom. The fourth-order valence-corrected chi connectivity index (χ4v) is 3.33. The summed E-state index contributed by atoms with van der Waals surface area (Å²) in [6.45, 7) is 4.17. The maximum atomic E-state index is 12.2. The Kier molecular flexibility index (Phi) is 4.87. The number of carbonyl (C=O) groups excluding carboxylic acids is 1. The predicted octanol–water partition coefficient (Wildman–Crippen LogP) is 2.15. The summed E-state index contributed by atoms with van der Waals surface area (Å²) < 4.78 is 5.42. The van der Waals surface area contributed by atoms with Gasteiger partial charge in [-0.1, -0.05) is 24.3 Å². The topological polar surface area (TPSA) is 70.6 Å². The molecular weight excluding hydrogens is 292 g/mol. The molecular formula is C18H26N2O3. The first-order valence-electron chi connectivity index (χ1n) is 8.51. The lowest BCUT2D eigenvalue weighted by Gasteiger charge is -2.20. The zero-order chi connectivity index (χ0) is 16.3. The molecule has 2 aliphatic rings. The van der Waals surface area contributed by atoms with Gasteiger partial charge >= 0.3 is 6.03 Å². The third-order valence-electron chi connectivity index (χ3n) is 5.05. The van der Waals surface area contributed by atoms with Crippen LogP contribution in [0.5, 0.6) is 0 Å². The van der Waals surface area contributed by atoms with Crippen LogP contribution < -0.4 is 10.6 Å². The minimum atomic E-state index is -0.550. The molecule has 1 fully saturated rings. The van der Waals surface area contributed by atoms with Gasteiger partial charge in [0.1, 0.15) is 0 Å². The summed E-state index contributed by atoms with van der Waals surface area (Å²) in [7, 11) is 0. The lowest BCUT2D eigenvalue weighted by molar-refractivity contribution is 0.127. The molecule has 0 unspecified atom stereocenters. The molecule has 0 radical (unpaired) electrons. The van der Waals surface area contributed by atoms with Gasteiger partial charge in [0.2, 0.25) is 0 Å². The number of aliphatic hydroxyl groups is 1. The van der Waals surface area contributed by atoms with E-state index in [1.165, 1.54) is 0 Å². The van der Waals surface area contributed by atoms with Crippen molar-refractivity contribution in [2.24, 2.45) is 5.41 Å². The van der Waals surface area contributed by atoms with Crippen molar-refractivity contribution in [2.75, 3.05) is 19.8 Å². The summed E-state index contributed by atoms with van der Waals surface area (Å²) in [5.74, 6) is 0. The highest BCUT2D eigenvalue weighted by Crippen LogP contribution is 2.48. The van der Waals surface area contributed by atoms with Crippen LogP contribution >= 0.6 is 0 Å². The molecule has 1 aromatic carbocycles. The minimum Gasteiger partial charge on any atom is -0.390 e. The van der Waals surface area contributed by atoms with Gasteiger partial charge < -0.3 is 20.5 Å². The van der Waals surface area contributed by atoms with Gasteiger partial charge in [0.25, 0.3) is 0 Å². The van der Waals surface area contributed by atoms with E-state index >= 15 is 0 Å². The van der Waals surface area contributed by atoms with Gasteiger partial charge in [-0.25, -0.2) is 4.79 Å². The van der Waals surface area contributed by atoms with Crippen LogP contribution in [0.3, 0.4) is 0 Å². The van der Waals surface area contributed by atoms with E-state index in [4.69, 9.17) is 4.74 Å². The number of aliphatic hydroxyl groups excluding tert-OH is 1. The molecule has 0 saturated heterocycles. The quantitative estimate of drug-likeness (QED) is 0.675. The summed E-state index contributed by atoms with van der Waals surface area (Å²) in [5.41, 5.74) is 2.35. The van der Waals surface area contributed by atoms with E-state index in [0.717, 1.165) is 43.6 Å². The van der Waals surface area contributed by atoms with Gasteiger partial charge in [-0.2, -0.15) is 0 Å². The van der Waals surface area contributed by atoms with Crippen molar-refractivity contribution in [3.8, 4) is 0 Å². The molecule has 5 heteroatoms. The molecule has 0 aliphatic heterocycles. The van der Waals surface area contributed by atoms with Crippen molar-refractivity contribution in [1.29, 1.82) is 0 Å². The largest absolute Gasteiger partial charge is 0.390 e. The number of rotatable bonds is 7.